The molecule has 0 atom stereocenters. The highest BCUT2D eigenvalue weighted by Crippen LogP contribution is 2.28. The minimum absolute atomic E-state index is 0.0789. The summed E-state index contributed by atoms with van der Waals surface area (Å²) in [4.78, 5) is 28.7. The van der Waals surface area contributed by atoms with E-state index < -0.39 is 5.97 Å². The quantitative estimate of drug-likeness (QED) is 0.330. The molecular formula is C20H18N2O5S. The van der Waals surface area contributed by atoms with Crippen LogP contribution in [0.1, 0.15) is 11.3 Å². The van der Waals surface area contributed by atoms with Gasteiger partial charge < -0.3 is 14.2 Å². The largest absolute Gasteiger partial charge is 0.493 e. The maximum Gasteiger partial charge on any atom is 0.331 e. The molecule has 0 aliphatic rings. The maximum absolute atomic E-state index is 12.0. The first kappa shape index (κ1) is 19.4. The Bertz CT molecular complexity index is 1080. The topological polar surface area (TPSA) is 79.1 Å². The molecule has 2 aromatic heterocycles. The molecule has 0 spiro atoms. The summed E-state index contributed by atoms with van der Waals surface area (Å²) < 4.78 is 17.4. The normalized spacial score (nSPS) is 10.9. The number of carbonyl (C=O) groups excluding carboxylic acids is 1. The first-order valence-corrected chi connectivity index (χ1v) is 9.21. The third-order valence-corrected chi connectivity index (χ3v) is 4.43. The van der Waals surface area contributed by atoms with E-state index in [0.717, 1.165) is 5.56 Å². The molecule has 144 valence electrons. The molecule has 0 bridgehead atoms. The molecule has 0 amide bonds. The average molecular weight is 398 g/mol. The molecule has 0 aliphatic carbocycles. The van der Waals surface area contributed by atoms with E-state index in [9.17, 15) is 9.59 Å². The Kier molecular flexibility index (Phi) is 6.23. The highest BCUT2D eigenvalue weighted by Gasteiger charge is 2.07. The lowest BCUT2D eigenvalue weighted by molar-refractivity contribution is -0.139. The maximum atomic E-state index is 12.0. The summed E-state index contributed by atoms with van der Waals surface area (Å²) in [5.41, 5.74) is 0.939. The number of rotatable bonds is 8. The first-order valence-electron chi connectivity index (χ1n) is 8.33. The number of fused-ring (bicyclic) bond motifs is 1. The van der Waals surface area contributed by atoms with E-state index in [1.807, 2.05) is 0 Å². The van der Waals surface area contributed by atoms with E-state index in [2.05, 4.69) is 11.6 Å². The van der Waals surface area contributed by atoms with E-state index in [4.69, 9.17) is 14.2 Å². The van der Waals surface area contributed by atoms with Crippen molar-refractivity contribution >= 4 is 28.3 Å². The van der Waals surface area contributed by atoms with Gasteiger partial charge in [-0.1, -0.05) is 18.7 Å². The fraction of sp³-hybridized carbons (Fsp3) is 0.150. The van der Waals surface area contributed by atoms with E-state index >= 15 is 0 Å². The van der Waals surface area contributed by atoms with E-state index in [0.29, 0.717) is 28.8 Å². The zero-order valence-electron chi connectivity index (χ0n) is 15.2. The second kappa shape index (κ2) is 9.01. The van der Waals surface area contributed by atoms with Crippen molar-refractivity contribution < 1.29 is 19.0 Å². The number of thiazole rings is 1. The Morgan fingerprint density at radius 1 is 1.32 bits per heavy atom. The van der Waals surface area contributed by atoms with Crippen molar-refractivity contribution in [1.29, 1.82) is 0 Å². The van der Waals surface area contributed by atoms with Gasteiger partial charge in [0.1, 0.15) is 13.2 Å². The van der Waals surface area contributed by atoms with Crippen LogP contribution in [0.25, 0.3) is 11.0 Å². The van der Waals surface area contributed by atoms with Crippen molar-refractivity contribution in [2.75, 3.05) is 13.7 Å². The van der Waals surface area contributed by atoms with Crippen LogP contribution in [0.15, 0.2) is 59.4 Å². The van der Waals surface area contributed by atoms with Gasteiger partial charge in [0.2, 0.25) is 0 Å². The Labute approximate surface area is 165 Å². The van der Waals surface area contributed by atoms with Gasteiger partial charge in [0.15, 0.2) is 16.5 Å². The second-order valence-electron chi connectivity index (χ2n) is 5.59. The Balaban J connectivity index is 1.62. The summed E-state index contributed by atoms with van der Waals surface area (Å²) in [7, 11) is 1.54. The summed E-state index contributed by atoms with van der Waals surface area (Å²) in [5, 5.41) is 1.77. The number of ether oxygens (including phenoxy) is 3. The lowest BCUT2D eigenvalue weighted by atomic mass is 10.2. The Morgan fingerprint density at radius 3 is 2.96 bits per heavy atom. The van der Waals surface area contributed by atoms with Crippen molar-refractivity contribution in [2.24, 2.45) is 0 Å². The molecule has 8 heteroatoms. The summed E-state index contributed by atoms with van der Waals surface area (Å²) in [5.74, 6) is 0.592. The zero-order valence-corrected chi connectivity index (χ0v) is 16.0. The second-order valence-corrected chi connectivity index (χ2v) is 6.47. The van der Waals surface area contributed by atoms with Gasteiger partial charge in [0.05, 0.1) is 12.8 Å². The number of aromatic nitrogens is 2. The van der Waals surface area contributed by atoms with Crippen LogP contribution in [-0.4, -0.2) is 29.1 Å². The molecule has 3 aromatic rings. The van der Waals surface area contributed by atoms with E-state index in [1.165, 1.54) is 35.0 Å². The standard InChI is InChI=1S/C20H18N2O5S/c1-3-9-26-16-6-4-14(11-17(16)25-2)5-7-19(24)27-13-15-12-18(23)22-8-10-28-20(22)21-15/h3-8,10-12H,1,9,13H2,2H3/b7-5+. The number of methoxy groups -OCH3 is 1. The average Bonchev–Trinajstić information content (AvgIpc) is 3.18. The number of benzene rings is 1. The van der Waals surface area contributed by atoms with Crippen LogP contribution in [0.4, 0.5) is 0 Å². The molecule has 0 saturated carbocycles. The van der Waals surface area contributed by atoms with Crippen LogP contribution in [0, 0.1) is 0 Å². The molecule has 7 nitrogen and oxygen atoms in total. The van der Waals surface area contributed by atoms with Crippen molar-refractivity contribution in [1.82, 2.24) is 9.38 Å². The number of nitrogens with zero attached hydrogens (tertiary/aromatic N) is 2. The molecule has 2 heterocycles. The lowest BCUT2D eigenvalue weighted by Crippen LogP contribution is -2.14. The molecule has 1 aromatic carbocycles. The zero-order chi connectivity index (χ0) is 19.9. The Morgan fingerprint density at radius 2 is 2.18 bits per heavy atom. The molecule has 28 heavy (non-hydrogen) atoms. The minimum atomic E-state index is -0.542. The van der Waals surface area contributed by atoms with Crippen LogP contribution in [0.3, 0.4) is 0 Å². The number of carbonyl (C=O) groups is 1. The summed E-state index contributed by atoms with van der Waals surface area (Å²) in [6.07, 6.45) is 6.20. The van der Waals surface area contributed by atoms with Crippen molar-refractivity contribution in [3.8, 4) is 11.5 Å². The van der Waals surface area contributed by atoms with Crippen LogP contribution in [0.5, 0.6) is 11.5 Å². The van der Waals surface area contributed by atoms with Crippen molar-refractivity contribution in [3.63, 3.8) is 0 Å². The number of esters is 1. The van der Waals surface area contributed by atoms with Crippen LogP contribution < -0.4 is 15.0 Å². The third kappa shape index (κ3) is 4.66. The summed E-state index contributed by atoms with van der Waals surface area (Å²) in [6.45, 7) is 3.89. The van der Waals surface area contributed by atoms with Crippen LogP contribution in [0.2, 0.25) is 0 Å². The third-order valence-electron chi connectivity index (χ3n) is 3.67. The van der Waals surface area contributed by atoms with Crippen LogP contribution in [-0.2, 0) is 16.1 Å². The van der Waals surface area contributed by atoms with Crippen molar-refractivity contribution in [3.05, 3.63) is 76.2 Å². The number of hydrogen-bond acceptors (Lipinski definition) is 7. The van der Waals surface area contributed by atoms with Gasteiger partial charge in [-0.2, -0.15) is 0 Å². The van der Waals surface area contributed by atoms with Gasteiger partial charge in [-0.3, -0.25) is 9.20 Å². The molecule has 3 rings (SSSR count). The molecule has 0 unspecified atom stereocenters. The van der Waals surface area contributed by atoms with Gasteiger partial charge >= 0.3 is 5.97 Å². The van der Waals surface area contributed by atoms with Crippen molar-refractivity contribution in [2.45, 2.75) is 6.61 Å². The highest BCUT2D eigenvalue weighted by molar-refractivity contribution is 7.15. The fourth-order valence-electron chi connectivity index (χ4n) is 2.38. The van der Waals surface area contributed by atoms with E-state index in [-0.39, 0.29) is 12.2 Å². The smallest absolute Gasteiger partial charge is 0.331 e. The summed E-state index contributed by atoms with van der Waals surface area (Å²) in [6, 6.07) is 6.64. The molecule has 0 N–H and O–H groups in total. The molecule has 0 fully saturated rings. The fourth-order valence-corrected chi connectivity index (χ4v) is 3.11. The monoisotopic (exact) mass is 398 g/mol. The summed E-state index contributed by atoms with van der Waals surface area (Å²) >= 11 is 1.34. The predicted molar refractivity (Wildman–Crippen MR) is 107 cm³/mol. The minimum Gasteiger partial charge on any atom is -0.493 e. The SMILES string of the molecule is C=CCOc1ccc(/C=C/C(=O)OCc2cc(=O)n3ccsc3n2)cc1OC. The van der Waals surface area contributed by atoms with E-state index in [1.54, 1.807) is 41.9 Å². The Hall–Kier alpha value is -3.39. The van der Waals surface area contributed by atoms with Gasteiger partial charge in [-0.25, -0.2) is 9.78 Å². The van der Waals surface area contributed by atoms with Gasteiger partial charge in [0, 0.05) is 23.7 Å². The highest BCUT2D eigenvalue weighted by atomic mass is 32.1. The predicted octanol–water partition coefficient (Wildman–Crippen LogP) is 3.09. The molecule has 0 saturated heterocycles. The molecule has 0 radical (unpaired) electrons. The lowest BCUT2D eigenvalue weighted by Gasteiger charge is -2.09. The van der Waals surface area contributed by atoms with Gasteiger partial charge in [-0.05, 0) is 23.8 Å². The molecular weight excluding hydrogens is 380 g/mol. The number of hydrogen-bond donors (Lipinski definition) is 0. The van der Waals surface area contributed by atoms with Crippen LogP contribution >= 0.6 is 11.3 Å². The molecule has 0 aliphatic heterocycles. The van der Waals surface area contributed by atoms with Gasteiger partial charge in [0.25, 0.3) is 5.56 Å². The van der Waals surface area contributed by atoms with Gasteiger partial charge in [-0.15, -0.1) is 11.3 Å². The first-order chi connectivity index (χ1) is 13.6.